The Morgan fingerprint density at radius 2 is 1.48 bits per heavy atom. The van der Waals surface area contributed by atoms with Gasteiger partial charge in [-0.15, -0.1) is 0 Å². The van der Waals surface area contributed by atoms with Crippen LogP contribution in [0.3, 0.4) is 0 Å². The third-order valence-electron chi connectivity index (χ3n) is 2.44. The first-order valence-electron chi connectivity index (χ1n) is 5.86. The molecule has 1 rings (SSSR count). The summed E-state index contributed by atoms with van der Waals surface area (Å²) in [5.41, 5.74) is 5.03. The molecule has 1 aromatic rings. The molecule has 1 atom stereocenters. The molecule has 118 valence electrons. The Hall–Kier alpha value is -1.90. The van der Waals surface area contributed by atoms with E-state index in [9.17, 15) is 26.7 Å². The lowest BCUT2D eigenvalue weighted by Crippen LogP contribution is -2.48. The smallest absolute Gasteiger partial charge is 0.238 e. The SMILES string of the molecule is CC(C)NC(COc1c(F)c(F)c(F)c(F)c1F)C(N)=O. The largest absolute Gasteiger partial charge is 0.485 e. The van der Waals surface area contributed by atoms with Gasteiger partial charge in [0.15, 0.2) is 5.75 Å². The second-order valence-corrected chi connectivity index (χ2v) is 4.49. The molecule has 0 aromatic heterocycles. The van der Waals surface area contributed by atoms with E-state index in [4.69, 9.17) is 5.73 Å². The zero-order chi connectivity index (χ0) is 16.3. The molecule has 0 fully saturated rings. The standard InChI is InChI=1S/C12H13F5N2O2/c1-4(2)19-5(12(18)20)3-21-11-9(16)7(14)6(13)8(15)10(11)17/h4-5,19H,3H2,1-2H3,(H2,18,20). The molecule has 0 heterocycles. The van der Waals surface area contributed by atoms with E-state index in [-0.39, 0.29) is 6.04 Å². The van der Waals surface area contributed by atoms with Crippen molar-refractivity contribution in [2.75, 3.05) is 6.61 Å². The maximum absolute atomic E-state index is 13.3. The molecular weight excluding hydrogens is 299 g/mol. The summed E-state index contributed by atoms with van der Waals surface area (Å²) < 4.78 is 69.9. The number of benzene rings is 1. The predicted octanol–water partition coefficient (Wildman–Crippen LogP) is 1.61. The van der Waals surface area contributed by atoms with Crippen LogP contribution in [0.5, 0.6) is 5.75 Å². The summed E-state index contributed by atoms with van der Waals surface area (Å²) in [6, 6.07) is -1.37. The van der Waals surface area contributed by atoms with Gasteiger partial charge in [0.1, 0.15) is 12.6 Å². The zero-order valence-electron chi connectivity index (χ0n) is 11.1. The van der Waals surface area contributed by atoms with E-state index in [0.29, 0.717) is 0 Å². The van der Waals surface area contributed by atoms with Crippen LogP contribution in [0.2, 0.25) is 0 Å². The fourth-order valence-corrected chi connectivity index (χ4v) is 1.49. The van der Waals surface area contributed by atoms with Gasteiger partial charge in [0, 0.05) is 6.04 Å². The summed E-state index contributed by atoms with van der Waals surface area (Å²) in [6.45, 7) is 2.63. The lowest BCUT2D eigenvalue weighted by Gasteiger charge is -2.19. The Balaban J connectivity index is 3.00. The molecule has 3 N–H and O–H groups in total. The highest BCUT2D eigenvalue weighted by Gasteiger charge is 2.28. The predicted molar refractivity (Wildman–Crippen MR) is 63.0 cm³/mol. The molecule has 9 heteroatoms. The van der Waals surface area contributed by atoms with Crippen LogP contribution in [0.15, 0.2) is 0 Å². The van der Waals surface area contributed by atoms with Crippen LogP contribution in [0.4, 0.5) is 22.0 Å². The number of amides is 1. The van der Waals surface area contributed by atoms with Crippen LogP contribution >= 0.6 is 0 Å². The van der Waals surface area contributed by atoms with Gasteiger partial charge >= 0.3 is 0 Å². The fourth-order valence-electron chi connectivity index (χ4n) is 1.49. The van der Waals surface area contributed by atoms with Crippen molar-refractivity contribution >= 4 is 5.91 Å². The zero-order valence-corrected chi connectivity index (χ0v) is 11.1. The minimum Gasteiger partial charge on any atom is -0.485 e. The number of hydrogen-bond donors (Lipinski definition) is 2. The summed E-state index contributed by atoms with van der Waals surface area (Å²) in [7, 11) is 0. The first kappa shape index (κ1) is 17.2. The Morgan fingerprint density at radius 1 is 1.05 bits per heavy atom. The highest BCUT2D eigenvalue weighted by molar-refractivity contribution is 5.80. The van der Waals surface area contributed by atoms with E-state index in [1.807, 2.05) is 0 Å². The van der Waals surface area contributed by atoms with Crippen LogP contribution < -0.4 is 15.8 Å². The van der Waals surface area contributed by atoms with Gasteiger partial charge in [-0.1, -0.05) is 13.8 Å². The molecule has 0 bridgehead atoms. The molecule has 0 saturated heterocycles. The Morgan fingerprint density at radius 3 is 1.86 bits per heavy atom. The van der Waals surface area contributed by atoms with Crippen molar-refractivity contribution in [1.82, 2.24) is 5.32 Å². The van der Waals surface area contributed by atoms with E-state index in [1.165, 1.54) is 0 Å². The number of rotatable bonds is 6. The lowest BCUT2D eigenvalue weighted by molar-refractivity contribution is -0.120. The number of halogens is 5. The monoisotopic (exact) mass is 312 g/mol. The molecule has 0 radical (unpaired) electrons. The Labute approximate surface area is 117 Å². The number of ether oxygens (including phenoxy) is 1. The topological polar surface area (TPSA) is 64.3 Å². The number of hydrogen-bond acceptors (Lipinski definition) is 3. The summed E-state index contributed by atoms with van der Waals surface area (Å²) in [5, 5.41) is 2.62. The van der Waals surface area contributed by atoms with Gasteiger partial charge in [0.2, 0.25) is 35.0 Å². The summed E-state index contributed by atoms with van der Waals surface area (Å²) in [6.07, 6.45) is 0. The minimum absolute atomic E-state index is 0.220. The van der Waals surface area contributed by atoms with Crippen molar-refractivity contribution in [1.29, 1.82) is 0 Å². The number of primary amides is 1. The van der Waals surface area contributed by atoms with Crippen molar-refractivity contribution in [2.45, 2.75) is 25.9 Å². The van der Waals surface area contributed by atoms with E-state index in [1.54, 1.807) is 13.8 Å². The molecule has 1 amide bonds. The maximum Gasteiger partial charge on any atom is 0.238 e. The minimum atomic E-state index is -2.29. The Bertz CT molecular complexity index is 522. The molecule has 0 saturated carbocycles. The normalized spacial score (nSPS) is 12.6. The molecule has 4 nitrogen and oxygen atoms in total. The van der Waals surface area contributed by atoms with Gasteiger partial charge in [0.25, 0.3) is 0 Å². The van der Waals surface area contributed by atoms with Crippen LogP contribution in [-0.2, 0) is 4.79 Å². The number of carbonyl (C=O) groups excluding carboxylic acids is 1. The number of nitrogens with two attached hydrogens (primary N) is 1. The van der Waals surface area contributed by atoms with Gasteiger partial charge < -0.3 is 15.8 Å². The number of nitrogens with one attached hydrogen (secondary N) is 1. The molecule has 1 aromatic carbocycles. The van der Waals surface area contributed by atoms with Gasteiger partial charge in [0.05, 0.1) is 0 Å². The van der Waals surface area contributed by atoms with Crippen LogP contribution in [0, 0.1) is 29.1 Å². The van der Waals surface area contributed by atoms with Crippen molar-refractivity contribution in [2.24, 2.45) is 5.73 Å². The summed E-state index contributed by atoms with van der Waals surface area (Å²) >= 11 is 0. The maximum atomic E-state index is 13.3. The summed E-state index contributed by atoms with van der Waals surface area (Å²) in [4.78, 5) is 11.1. The highest BCUT2D eigenvalue weighted by atomic mass is 19.2. The van der Waals surface area contributed by atoms with Gasteiger partial charge in [-0.2, -0.15) is 8.78 Å². The third kappa shape index (κ3) is 3.81. The third-order valence-corrected chi connectivity index (χ3v) is 2.44. The average Bonchev–Trinajstić information content (AvgIpc) is 2.41. The van der Waals surface area contributed by atoms with Crippen LogP contribution in [0.25, 0.3) is 0 Å². The fraction of sp³-hybridized carbons (Fsp3) is 0.417. The highest BCUT2D eigenvalue weighted by Crippen LogP contribution is 2.29. The van der Waals surface area contributed by atoms with Crippen LogP contribution in [-0.4, -0.2) is 24.6 Å². The van der Waals surface area contributed by atoms with E-state index >= 15 is 0 Å². The van der Waals surface area contributed by atoms with Gasteiger partial charge in [-0.25, -0.2) is 13.2 Å². The second-order valence-electron chi connectivity index (χ2n) is 4.49. The molecule has 1 unspecified atom stereocenters. The van der Waals surface area contributed by atoms with Crippen LogP contribution in [0.1, 0.15) is 13.8 Å². The van der Waals surface area contributed by atoms with E-state index in [2.05, 4.69) is 10.1 Å². The quantitative estimate of drug-likeness (QED) is 0.476. The van der Waals surface area contributed by atoms with Crippen molar-refractivity contribution in [3.05, 3.63) is 29.1 Å². The second kappa shape index (κ2) is 6.70. The van der Waals surface area contributed by atoms with Gasteiger partial charge in [-0.3, -0.25) is 4.79 Å². The molecular formula is C12H13F5N2O2. The number of carbonyl (C=O) groups is 1. The molecule has 0 aliphatic carbocycles. The lowest BCUT2D eigenvalue weighted by atomic mass is 10.2. The van der Waals surface area contributed by atoms with Crippen molar-refractivity contribution in [3.8, 4) is 5.75 Å². The molecule has 0 spiro atoms. The molecule has 21 heavy (non-hydrogen) atoms. The van der Waals surface area contributed by atoms with Gasteiger partial charge in [-0.05, 0) is 0 Å². The van der Waals surface area contributed by atoms with Crippen molar-refractivity contribution < 1.29 is 31.5 Å². The van der Waals surface area contributed by atoms with E-state index < -0.39 is 53.4 Å². The first-order chi connectivity index (χ1) is 9.66. The molecule has 0 aliphatic rings. The van der Waals surface area contributed by atoms with Crippen molar-refractivity contribution in [3.63, 3.8) is 0 Å². The Kier molecular flexibility index (Phi) is 5.47. The van der Waals surface area contributed by atoms with E-state index in [0.717, 1.165) is 0 Å². The average molecular weight is 312 g/mol. The summed E-state index contributed by atoms with van der Waals surface area (Å²) in [5.74, 6) is -13.1. The molecule has 0 aliphatic heterocycles. The first-order valence-corrected chi connectivity index (χ1v) is 5.86.